The summed E-state index contributed by atoms with van der Waals surface area (Å²) in [6, 6.07) is -0.727. The predicted molar refractivity (Wildman–Crippen MR) is 59.5 cm³/mol. The number of rotatable bonds is 2. The van der Waals surface area contributed by atoms with Crippen LogP contribution in [0.1, 0.15) is 18.0 Å². The molecule has 0 fully saturated rings. The molecule has 0 spiro atoms. The van der Waals surface area contributed by atoms with Gasteiger partial charge in [-0.15, -0.1) is 0 Å². The van der Waals surface area contributed by atoms with E-state index in [0.29, 0.717) is 12.0 Å². The summed E-state index contributed by atoms with van der Waals surface area (Å²) in [4.78, 5) is 24.9. The van der Waals surface area contributed by atoms with E-state index >= 15 is 0 Å². The molecule has 2 rings (SSSR count). The fourth-order valence-corrected chi connectivity index (χ4v) is 1.99. The molecule has 0 bridgehead atoms. The first-order chi connectivity index (χ1) is 8.02. The molecule has 17 heavy (non-hydrogen) atoms. The Bertz CT molecular complexity index is 573. The van der Waals surface area contributed by atoms with E-state index in [1.165, 1.54) is 12.3 Å². The fraction of sp³-hybridized carbons (Fsp3) is 0.455. The smallest absolute Gasteiger partial charge is 0.328 e. The zero-order chi connectivity index (χ0) is 12.6. The van der Waals surface area contributed by atoms with Crippen molar-refractivity contribution in [2.45, 2.75) is 19.4 Å². The molecule has 2 atom stereocenters. The number of H-pyrrole nitrogens is 1. The number of aromatic amines is 1. The van der Waals surface area contributed by atoms with Crippen LogP contribution in [-0.2, 0) is 0 Å². The van der Waals surface area contributed by atoms with Gasteiger partial charge in [0.2, 0.25) is 0 Å². The second-order valence-electron chi connectivity index (χ2n) is 4.22. The lowest BCUT2D eigenvalue weighted by Crippen LogP contribution is -2.33. The van der Waals surface area contributed by atoms with Gasteiger partial charge in [0.25, 0.3) is 5.56 Å². The number of aryl methyl sites for hydroxylation is 1. The highest BCUT2D eigenvalue weighted by Gasteiger charge is 2.28. The Morgan fingerprint density at radius 2 is 2.29 bits per heavy atom. The number of nitrogens with zero attached hydrogens (tertiary/aromatic N) is 1. The van der Waals surface area contributed by atoms with Gasteiger partial charge >= 0.3 is 5.69 Å². The zero-order valence-electron chi connectivity index (χ0n) is 9.31. The number of nitrogens with one attached hydrogen (secondary N) is 1. The van der Waals surface area contributed by atoms with E-state index in [4.69, 9.17) is 5.11 Å². The molecule has 6 heteroatoms. The van der Waals surface area contributed by atoms with Crippen LogP contribution in [0, 0.1) is 12.8 Å². The van der Waals surface area contributed by atoms with Crippen molar-refractivity contribution in [1.82, 2.24) is 9.55 Å². The molecule has 1 aromatic rings. The number of aliphatic hydroxyl groups is 1. The summed E-state index contributed by atoms with van der Waals surface area (Å²) in [5.74, 6) is -0.725. The molecule has 0 aliphatic heterocycles. The molecule has 92 valence electrons. The maximum Gasteiger partial charge on any atom is 0.328 e. The Labute approximate surface area is 96.2 Å². The van der Waals surface area contributed by atoms with Crippen LogP contribution in [0.3, 0.4) is 0 Å². The van der Waals surface area contributed by atoms with Crippen LogP contribution in [0.15, 0.2) is 27.7 Å². The standard InChI is InChI=1S/C11H13FN2O3/c1-6-4-14(11(17)13-10(6)16)9-3-7(5-15)2-8(9)12/h2,4,7,9,15H,3,5H2,1H3,(H,13,16,17)/t7-,9-/m1/s1. The number of hydrogen-bond donors (Lipinski definition) is 2. The Morgan fingerprint density at radius 1 is 1.59 bits per heavy atom. The number of halogens is 1. The van der Waals surface area contributed by atoms with Gasteiger partial charge < -0.3 is 5.11 Å². The summed E-state index contributed by atoms with van der Waals surface area (Å²) in [6.45, 7) is 1.40. The molecule has 1 aromatic heterocycles. The van der Waals surface area contributed by atoms with E-state index < -0.39 is 23.1 Å². The van der Waals surface area contributed by atoms with Gasteiger partial charge in [0, 0.05) is 24.3 Å². The molecule has 0 amide bonds. The normalized spacial score (nSPS) is 23.8. The van der Waals surface area contributed by atoms with E-state index in [2.05, 4.69) is 4.98 Å². The first-order valence-corrected chi connectivity index (χ1v) is 5.33. The van der Waals surface area contributed by atoms with Crippen LogP contribution in [-0.4, -0.2) is 21.3 Å². The highest BCUT2D eigenvalue weighted by Crippen LogP contribution is 2.33. The average molecular weight is 240 g/mol. The third-order valence-corrected chi connectivity index (χ3v) is 2.96. The largest absolute Gasteiger partial charge is 0.396 e. The minimum atomic E-state index is -0.727. The van der Waals surface area contributed by atoms with Crippen LogP contribution < -0.4 is 11.2 Å². The summed E-state index contributed by atoms with van der Waals surface area (Å²) in [7, 11) is 0. The summed E-state index contributed by atoms with van der Waals surface area (Å²) in [5.41, 5.74) is -0.745. The third kappa shape index (κ3) is 2.08. The van der Waals surface area contributed by atoms with Crippen molar-refractivity contribution in [2.24, 2.45) is 5.92 Å². The molecule has 0 saturated carbocycles. The molecule has 0 unspecified atom stereocenters. The quantitative estimate of drug-likeness (QED) is 0.778. The van der Waals surface area contributed by atoms with Crippen LogP contribution in [0.25, 0.3) is 0 Å². The fourth-order valence-electron chi connectivity index (χ4n) is 1.99. The maximum absolute atomic E-state index is 13.6. The highest BCUT2D eigenvalue weighted by atomic mass is 19.1. The lowest BCUT2D eigenvalue weighted by atomic mass is 10.1. The second kappa shape index (κ2) is 4.29. The van der Waals surface area contributed by atoms with Crippen LogP contribution >= 0.6 is 0 Å². The number of aromatic nitrogens is 2. The zero-order valence-corrected chi connectivity index (χ0v) is 9.31. The molecule has 1 heterocycles. The second-order valence-corrected chi connectivity index (χ2v) is 4.22. The van der Waals surface area contributed by atoms with Crippen molar-refractivity contribution in [3.8, 4) is 0 Å². The van der Waals surface area contributed by atoms with E-state index in [1.54, 1.807) is 6.92 Å². The van der Waals surface area contributed by atoms with Crippen molar-refractivity contribution in [2.75, 3.05) is 6.61 Å². The summed E-state index contributed by atoms with van der Waals surface area (Å²) >= 11 is 0. The van der Waals surface area contributed by atoms with Crippen molar-refractivity contribution in [1.29, 1.82) is 0 Å². The van der Waals surface area contributed by atoms with E-state index in [-0.39, 0.29) is 12.5 Å². The summed E-state index contributed by atoms with van der Waals surface area (Å²) < 4.78 is 14.8. The predicted octanol–water partition coefficient (Wildman–Crippen LogP) is 0.252. The van der Waals surface area contributed by atoms with Gasteiger partial charge in [-0.1, -0.05) is 0 Å². The Kier molecular flexibility index (Phi) is 2.97. The van der Waals surface area contributed by atoms with Crippen molar-refractivity contribution in [3.63, 3.8) is 0 Å². The molecule has 0 radical (unpaired) electrons. The topological polar surface area (TPSA) is 75.1 Å². The summed E-state index contributed by atoms with van der Waals surface area (Å²) in [5, 5.41) is 8.96. The van der Waals surface area contributed by atoms with Crippen LogP contribution in [0.5, 0.6) is 0 Å². The molecule has 5 nitrogen and oxygen atoms in total. The van der Waals surface area contributed by atoms with Gasteiger partial charge in [0.1, 0.15) is 5.83 Å². The van der Waals surface area contributed by atoms with Crippen LogP contribution in [0.4, 0.5) is 4.39 Å². The van der Waals surface area contributed by atoms with Gasteiger partial charge in [0.05, 0.1) is 6.04 Å². The van der Waals surface area contributed by atoms with Gasteiger partial charge in [-0.05, 0) is 19.4 Å². The van der Waals surface area contributed by atoms with E-state index in [1.807, 2.05) is 0 Å². The lowest BCUT2D eigenvalue weighted by molar-refractivity contribution is 0.242. The van der Waals surface area contributed by atoms with Gasteiger partial charge in [-0.3, -0.25) is 14.3 Å². The average Bonchev–Trinajstić information content (AvgIpc) is 2.65. The molecule has 0 aromatic carbocycles. The Balaban J connectivity index is 2.43. The maximum atomic E-state index is 13.6. The van der Waals surface area contributed by atoms with Gasteiger partial charge in [0.15, 0.2) is 0 Å². The van der Waals surface area contributed by atoms with E-state index in [0.717, 1.165) is 4.57 Å². The molecule has 0 saturated heterocycles. The molecular formula is C11H13FN2O3. The summed E-state index contributed by atoms with van der Waals surface area (Å²) in [6.07, 6.45) is 2.99. The SMILES string of the molecule is Cc1cn([C@@H]2C[C@H](CO)C=C2F)c(=O)[nH]c1=O. The molecule has 1 aliphatic carbocycles. The number of hydrogen-bond acceptors (Lipinski definition) is 3. The first-order valence-electron chi connectivity index (χ1n) is 5.33. The Morgan fingerprint density at radius 3 is 2.88 bits per heavy atom. The van der Waals surface area contributed by atoms with Gasteiger partial charge in [-0.25, -0.2) is 9.18 Å². The third-order valence-electron chi connectivity index (χ3n) is 2.96. The van der Waals surface area contributed by atoms with Gasteiger partial charge in [-0.2, -0.15) is 0 Å². The molecule has 1 aliphatic rings. The monoisotopic (exact) mass is 240 g/mol. The minimum Gasteiger partial charge on any atom is -0.396 e. The van der Waals surface area contributed by atoms with Crippen molar-refractivity contribution < 1.29 is 9.50 Å². The number of allylic oxidation sites excluding steroid dienone is 1. The lowest BCUT2D eigenvalue weighted by Gasteiger charge is -2.14. The highest BCUT2D eigenvalue weighted by molar-refractivity contribution is 5.14. The molecule has 2 N–H and O–H groups in total. The number of aliphatic hydroxyl groups excluding tert-OH is 1. The first kappa shape index (κ1) is 11.8. The van der Waals surface area contributed by atoms with Crippen LogP contribution in [0.2, 0.25) is 0 Å². The molecular weight excluding hydrogens is 227 g/mol. The van der Waals surface area contributed by atoms with Crippen molar-refractivity contribution in [3.05, 3.63) is 44.5 Å². The van der Waals surface area contributed by atoms with E-state index in [9.17, 15) is 14.0 Å². The van der Waals surface area contributed by atoms with Crippen molar-refractivity contribution >= 4 is 0 Å². The Hall–Kier alpha value is -1.69. The minimum absolute atomic E-state index is 0.152.